The molecule has 1 atom stereocenters. The van der Waals surface area contributed by atoms with Crippen LogP contribution in [0.4, 0.5) is 29.3 Å². The Bertz CT molecular complexity index is 1370. The zero-order valence-electron chi connectivity index (χ0n) is 27.5. The van der Waals surface area contributed by atoms with Gasteiger partial charge in [0.15, 0.2) is 0 Å². The number of rotatable bonds is 9. The van der Waals surface area contributed by atoms with E-state index in [2.05, 4.69) is 38.0 Å². The standard InChI is InChI=1S/C35H49ClF3N7O/c1-42-16-18-45(19-17-42)28-7-14-44(15-8-28)23-25(20-26-21-30(35(37,38)39)33(40)31(36)22-26)6-11-43-12-9-29(10-13-43)46-24-27-4-2-3-5-32(27)41-34(46)47/h2-5,21-22,25,28-29H,6-20,23-24,40H2,1H3,(H,41,47)/t25-/m1/s1. The minimum absolute atomic E-state index is 0.0287. The van der Waals surface area contributed by atoms with Gasteiger partial charge in [0.2, 0.25) is 0 Å². The number of piperazine rings is 1. The third-order valence-electron chi connectivity index (χ3n) is 10.9. The predicted octanol–water partition coefficient (Wildman–Crippen LogP) is 5.71. The van der Waals surface area contributed by atoms with Crippen LogP contribution in [0, 0.1) is 5.92 Å². The van der Waals surface area contributed by atoms with Crippen LogP contribution in [0.2, 0.25) is 5.02 Å². The molecule has 3 fully saturated rings. The van der Waals surface area contributed by atoms with E-state index in [1.54, 1.807) is 6.07 Å². The number of carbonyl (C=O) groups excluding carboxylic acids is 1. The summed E-state index contributed by atoms with van der Waals surface area (Å²) in [5.41, 5.74) is 7.12. The Morgan fingerprint density at radius 1 is 0.936 bits per heavy atom. The van der Waals surface area contributed by atoms with Crippen molar-refractivity contribution in [3.8, 4) is 0 Å². The van der Waals surface area contributed by atoms with E-state index in [1.807, 2.05) is 23.1 Å². The molecule has 3 N–H and O–H groups in total. The van der Waals surface area contributed by atoms with Crippen LogP contribution in [0.3, 0.4) is 0 Å². The fraction of sp³-hybridized carbons (Fsp3) is 0.629. The molecule has 0 aliphatic carbocycles. The van der Waals surface area contributed by atoms with Gasteiger partial charge in [-0.15, -0.1) is 0 Å². The van der Waals surface area contributed by atoms with E-state index in [1.165, 1.54) is 6.07 Å². The lowest BCUT2D eigenvalue weighted by atomic mass is 9.92. The van der Waals surface area contributed by atoms with Crippen molar-refractivity contribution in [2.24, 2.45) is 5.92 Å². The number of nitrogens with zero attached hydrogens (tertiary/aromatic N) is 5. The van der Waals surface area contributed by atoms with Crippen molar-refractivity contribution in [1.82, 2.24) is 24.5 Å². The Kier molecular flexibility index (Phi) is 10.9. The van der Waals surface area contributed by atoms with Gasteiger partial charge in [0.25, 0.3) is 0 Å². The number of benzene rings is 2. The molecule has 258 valence electrons. The number of fused-ring (bicyclic) bond motifs is 1. The van der Waals surface area contributed by atoms with E-state index in [-0.39, 0.29) is 23.0 Å². The van der Waals surface area contributed by atoms with Gasteiger partial charge in [0, 0.05) is 70.1 Å². The molecule has 47 heavy (non-hydrogen) atoms. The number of nitrogen functional groups attached to an aromatic ring is 1. The summed E-state index contributed by atoms with van der Waals surface area (Å²) in [6.45, 7) is 10.6. The van der Waals surface area contributed by atoms with E-state index >= 15 is 0 Å². The molecule has 0 unspecified atom stereocenters. The van der Waals surface area contributed by atoms with Gasteiger partial charge in [-0.3, -0.25) is 4.90 Å². The minimum Gasteiger partial charge on any atom is -0.397 e. The van der Waals surface area contributed by atoms with Gasteiger partial charge in [0.1, 0.15) is 0 Å². The average Bonchev–Trinajstić information content (AvgIpc) is 3.05. The van der Waals surface area contributed by atoms with Gasteiger partial charge in [-0.2, -0.15) is 13.2 Å². The number of para-hydroxylation sites is 1. The van der Waals surface area contributed by atoms with Crippen LogP contribution in [0.25, 0.3) is 0 Å². The van der Waals surface area contributed by atoms with E-state index in [4.69, 9.17) is 17.3 Å². The fourth-order valence-electron chi connectivity index (χ4n) is 7.97. The third-order valence-corrected chi connectivity index (χ3v) is 11.2. The molecule has 4 aliphatic heterocycles. The normalized spacial score (nSPS) is 22.3. The molecular weight excluding hydrogens is 627 g/mol. The van der Waals surface area contributed by atoms with Gasteiger partial charge in [-0.25, -0.2) is 4.79 Å². The lowest BCUT2D eigenvalue weighted by Gasteiger charge is -2.43. The van der Waals surface area contributed by atoms with Crippen LogP contribution in [0.5, 0.6) is 0 Å². The van der Waals surface area contributed by atoms with Crippen LogP contribution in [-0.2, 0) is 19.1 Å². The Morgan fingerprint density at radius 3 is 2.30 bits per heavy atom. The number of likely N-dealkylation sites (tertiary alicyclic amines) is 2. The van der Waals surface area contributed by atoms with Gasteiger partial charge < -0.3 is 30.7 Å². The molecule has 0 bridgehead atoms. The molecule has 4 heterocycles. The predicted molar refractivity (Wildman–Crippen MR) is 182 cm³/mol. The van der Waals surface area contributed by atoms with E-state index in [9.17, 15) is 18.0 Å². The summed E-state index contributed by atoms with van der Waals surface area (Å²) >= 11 is 6.23. The Labute approximate surface area is 282 Å². The summed E-state index contributed by atoms with van der Waals surface area (Å²) in [7, 11) is 2.18. The molecule has 8 nitrogen and oxygen atoms in total. The van der Waals surface area contributed by atoms with Crippen LogP contribution >= 0.6 is 11.6 Å². The second kappa shape index (κ2) is 14.9. The van der Waals surface area contributed by atoms with Crippen LogP contribution in [-0.4, -0.2) is 115 Å². The molecule has 6 rings (SSSR count). The monoisotopic (exact) mass is 675 g/mol. The molecule has 0 spiro atoms. The first-order valence-electron chi connectivity index (χ1n) is 17.2. The van der Waals surface area contributed by atoms with Gasteiger partial charge >= 0.3 is 12.2 Å². The van der Waals surface area contributed by atoms with Gasteiger partial charge in [0.05, 0.1) is 16.3 Å². The number of anilines is 2. The molecular formula is C35H49ClF3N7O. The van der Waals surface area contributed by atoms with Crippen molar-refractivity contribution >= 4 is 29.0 Å². The third kappa shape index (κ3) is 8.54. The summed E-state index contributed by atoms with van der Waals surface area (Å²) in [6, 6.07) is 11.5. The number of hydrogen-bond donors (Lipinski definition) is 2. The average molecular weight is 676 g/mol. The summed E-state index contributed by atoms with van der Waals surface area (Å²) in [5.74, 6) is 0.179. The summed E-state index contributed by atoms with van der Waals surface area (Å²) in [4.78, 5) is 24.8. The van der Waals surface area contributed by atoms with Crippen molar-refractivity contribution in [1.29, 1.82) is 0 Å². The van der Waals surface area contributed by atoms with Crippen molar-refractivity contribution in [3.05, 3.63) is 58.1 Å². The lowest BCUT2D eigenvalue weighted by molar-refractivity contribution is -0.137. The van der Waals surface area contributed by atoms with Crippen molar-refractivity contribution in [2.75, 3.05) is 83.5 Å². The molecule has 2 aromatic rings. The maximum Gasteiger partial charge on any atom is 0.418 e. The number of amides is 2. The first-order chi connectivity index (χ1) is 22.5. The number of halogens is 4. The quantitative estimate of drug-likeness (QED) is 0.332. The number of piperidine rings is 2. The van der Waals surface area contributed by atoms with Crippen molar-refractivity contribution in [3.63, 3.8) is 0 Å². The summed E-state index contributed by atoms with van der Waals surface area (Å²) < 4.78 is 41.4. The highest BCUT2D eigenvalue weighted by Crippen LogP contribution is 2.38. The Balaban J connectivity index is 1.06. The molecule has 0 aromatic heterocycles. The van der Waals surface area contributed by atoms with Crippen molar-refractivity contribution < 1.29 is 18.0 Å². The lowest BCUT2D eigenvalue weighted by Crippen LogP contribution is -2.52. The first kappa shape index (κ1) is 34.3. The number of likely N-dealkylation sites (N-methyl/N-ethyl adjacent to an activating group) is 1. The number of urea groups is 1. The largest absolute Gasteiger partial charge is 0.418 e. The SMILES string of the molecule is CN1CCN(C2CCN(C[C@H](CCN3CCC(N4Cc5ccccc5NC4=O)CC3)Cc3cc(Cl)c(N)c(C(F)(F)F)c3)CC2)CC1. The zero-order valence-corrected chi connectivity index (χ0v) is 28.2. The van der Waals surface area contributed by atoms with Gasteiger partial charge in [-0.05, 0) is 100 Å². The molecule has 12 heteroatoms. The highest BCUT2D eigenvalue weighted by molar-refractivity contribution is 6.33. The highest BCUT2D eigenvalue weighted by Gasteiger charge is 2.35. The minimum atomic E-state index is -4.55. The van der Waals surface area contributed by atoms with Gasteiger partial charge in [-0.1, -0.05) is 29.8 Å². The number of alkyl halides is 3. The number of nitrogens with one attached hydrogen (secondary N) is 1. The van der Waals surface area contributed by atoms with Crippen LogP contribution < -0.4 is 11.1 Å². The smallest absolute Gasteiger partial charge is 0.397 e. The van der Waals surface area contributed by atoms with E-state index in [0.717, 1.165) is 109 Å². The fourth-order valence-corrected chi connectivity index (χ4v) is 8.22. The molecule has 3 saturated heterocycles. The van der Waals surface area contributed by atoms with Crippen LogP contribution in [0.1, 0.15) is 48.8 Å². The van der Waals surface area contributed by atoms with Crippen LogP contribution in [0.15, 0.2) is 36.4 Å². The highest BCUT2D eigenvalue weighted by atomic mass is 35.5. The summed E-state index contributed by atoms with van der Waals surface area (Å²) in [6.07, 6.45) is 0.914. The number of hydrogen-bond acceptors (Lipinski definition) is 6. The second-order valence-electron chi connectivity index (χ2n) is 14.1. The number of nitrogens with two attached hydrogens (primary N) is 1. The van der Waals surface area contributed by atoms with Crippen molar-refractivity contribution in [2.45, 2.75) is 63.3 Å². The Hall–Kier alpha value is -2.57. The van der Waals surface area contributed by atoms with E-state index in [0.29, 0.717) is 24.6 Å². The maximum atomic E-state index is 13.8. The molecule has 0 radical (unpaired) electrons. The number of carbonyl (C=O) groups is 1. The molecule has 2 amide bonds. The molecule has 0 saturated carbocycles. The molecule has 4 aliphatic rings. The molecule has 2 aromatic carbocycles. The zero-order chi connectivity index (χ0) is 33.1. The topological polar surface area (TPSA) is 71.3 Å². The second-order valence-corrected chi connectivity index (χ2v) is 14.5. The van der Waals surface area contributed by atoms with E-state index < -0.39 is 17.4 Å². The summed E-state index contributed by atoms with van der Waals surface area (Å²) in [5, 5.41) is 3.01. The first-order valence-corrected chi connectivity index (χ1v) is 17.6. The maximum absolute atomic E-state index is 13.8. The Morgan fingerprint density at radius 2 is 1.60 bits per heavy atom.